The Labute approximate surface area is 113 Å². The summed E-state index contributed by atoms with van der Waals surface area (Å²) in [7, 11) is 0. The van der Waals surface area contributed by atoms with Gasteiger partial charge in [0, 0.05) is 30.5 Å². The number of anilines is 2. The lowest BCUT2D eigenvalue weighted by atomic mass is 10.2. The molecule has 0 bridgehead atoms. The zero-order valence-electron chi connectivity index (χ0n) is 9.64. The summed E-state index contributed by atoms with van der Waals surface area (Å²) in [4.78, 5) is 11.7. The molecule has 18 heavy (non-hydrogen) atoms. The van der Waals surface area contributed by atoms with Crippen LogP contribution in [0.15, 0.2) is 41.1 Å². The first-order valence-corrected chi connectivity index (χ1v) is 6.26. The molecular formula is C12H13BrN4O. The topological polar surface area (TPSA) is 72.9 Å². The quantitative estimate of drug-likeness (QED) is 0.851. The molecule has 0 aliphatic carbocycles. The molecule has 94 valence electrons. The van der Waals surface area contributed by atoms with Crippen LogP contribution in [0.4, 0.5) is 11.4 Å². The molecule has 1 heterocycles. The highest BCUT2D eigenvalue weighted by atomic mass is 79.9. The molecule has 0 saturated heterocycles. The number of rotatable bonds is 4. The number of nitrogens with zero attached hydrogens (tertiary/aromatic N) is 2. The fraction of sp³-hybridized carbons (Fsp3) is 0.167. The molecule has 1 aromatic carbocycles. The van der Waals surface area contributed by atoms with Gasteiger partial charge in [0.1, 0.15) is 0 Å². The molecule has 0 aliphatic rings. The lowest BCUT2D eigenvalue weighted by Crippen LogP contribution is -2.14. The standard InChI is InChI=1S/C12H13BrN4O/c13-9-7-15-17(8-9)5-4-12(18)16-11-3-1-2-10(14)6-11/h1-3,6-8H,4-5,14H2,(H,16,18). The van der Waals surface area contributed by atoms with E-state index in [4.69, 9.17) is 5.73 Å². The molecule has 6 heteroatoms. The SMILES string of the molecule is Nc1cccc(NC(=O)CCn2cc(Br)cn2)c1. The van der Waals surface area contributed by atoms with Gasteiger partial charge in [-0.05, 0) is 34.1 Å². The zero-order chi connectivity index (χ0) is 13.0. The number of nitrogens with two attached hydrogens (primary N) is 1. The number of nitrogens with one attached hydrogen (secondary N) is 1. The number of halogens is 1. The predicted molar refractivity (Wildman–Crippen MR) is 74.0 cm³/mol. The van der Waals surface area contributed by atoms with Gasteiger partial charge in [-0.1, -0.05) is 6.07 Å². The number of benzene rings is 1. The third-order valence-corrected chi connectivity index (χ3v) is 2.75. The summed E-state index contributed by atoms with van der Waals surface area (Å²) in [5, 5.41) is 6.87. The lowest BCUT2D eigenvalue weighted by Gasteiger charge is -2.06. The molecule has 0 spiro atoms. The maximum Gasteiger partial charge on any atom is 0.226 e. The van der Waals surface area contributed by atoms with Gasteiger partial charge in [0.15, 0.2) is 0 Å². The minimum absolute atomic E-state index is 0.0628. The third-order valence-electron chi connectivity index (χ3n) is 2.34. The normalized spacial score (nSPS) is 10.3. The van der Waals surface area contributed by atoms with Crippen LogP contribution in [0.1, 0.15) is 6.42 Å². The van der Waals surface area contributed by atoms with Gasteiger partial charge in [-0.2, -0.15) is 5.10 Å². The Morgan fingerprint density at radius 3 is 3.00 bits per heavy atom. The zero-order valence-corrected chi connectivity index (χ0v) is 11.2. The second-order valence-electron chi connectivity index (χ2n) is 3.85. The van der Waals surface area contributed by atoms with Gasteiger partial charge in [-0.15, -0.1) is 0 Å². The minimum Gasteiger partial charge on any atom is -0.399 e. The maximum atomic E-state index is 11.7. The molecule has 5 nitrogen and oxygen atoms in total. The Bertz CT molecular complexity index is 553. The van der Waals surface area contributed by atoms with Crippen LogP contribution in [0.3, 0.4) is 0 Å². The number of aryl methyl sites for hydroxylation is 1. The summed E-state index contributed by atoms with van der Waals surface area (Å²) in [6, 6.07) is 7.10. The van der Waals surface area contributed by atoms with Crippen LogP contribution in [-0.4, -0.2) is 15.7 Å². The summed E-state index contributed by atoms with van der Waals surface area (Å²) < 4.78 is 2.61. The highest BCUT2D eigenvalue weighted by Crippen LogP contribution is 2.12. The molecule has 3 N–H and O–H groups in total. The molecule has 2 aromatic rings. The van der Waals surface area contributed by atoms with Gasteiger partial charge in [0.2, 0.25) is 5.91 Å². The summed E-state index contributed by atoms with van der Waals surface area (Å²) in [5.41, 5.74) is 6.97. The van der Waals surface area contributed by atoms with Crippen molar-refractivity contribution in [2.45, 2.75) is 13.0 Å². The summed E-state index contributed by atoms with van der Waals surface area (Å²) in [6.45, 7) is 0.541. The van der Waals surface area contributed by atoms with Crippen LogP contribution >= 0.6 is 15.9 Å². The van der Waals surface area contributed by atoms with Crippen molar-refractivity contribution in [3.05, 3.63) is 41.1 Å². The first-order chi connectivity index (χ1) is 8.63. The second kappa shape index (κ2) is 5.68. The summed E-state index contributed by atoms with van der Waals surface area (Å²) in [6.07, 6.45) is 3.88. The Hall–Kier alpha value is -1.82. The monoisotopic (exact) mass is 308 g/mol. The van der Waals surface area contributed by atoms with Crippen LogP contribution < -0.4 is 11.1 Å². The molecule has 0 aliphatic heterocycles. The van der Waals surface area contributed by atoms with E-state index in [1.54, 1.807) is 35.1 Å². The van der Waals surface area contributed by atoms with Crippen molar-refractivity contribution in [3.8, 4) is 0 Å². The van der Waals surface area contributed by atoms with E-state index < -0.39 is 0 Å². The van der Waals surface area contributed by atoms with E-state index in [9.17, 15) is 4.79 Å². The Morgan fingerprint density at radius 2 is 2.33 bits per heavy atom. The predicted octanol–water partition coefficient (Wildman–Crippen LogP) is 2.26. The van der Waals surface area contributed by atoms with Crippen LogP contribution in [-0.2, 0) is 11.3 Å². The van der Waals surface area contributed by atoms with E-state index in [1.807, 2.05) is 6.20 Å². The van der Waals surface area contributed by atoms with Crippen molar-refractivity contribution < 1.29 is 4.79 Å². The molecule has 1 aromatic heterocycles. The largest absolute Gasteiger partial charge is 0.399 e. The van der Waals surface area contributed by atoms with Crippen molar-refractivity contribution in [1.29, 1.82) is 0 Å². The summed E-state index contributed by atoms with van der Waals surface area (Å²) in [5.74, 6) is -0.0628. The average molecular weight is 309 g/mol. The molecule has 0 atom stereocenters. The van der Waals surface area contributed by atoms with Gasteiger partial charge >= 0.3 is 0 Å². The van der Waals surface area contributed by atoms with Crippen molar-refractivity contribution >= 4 is 33.2 Å². The number of hydrogen-bond donors (Lipinski definition) is 2. The fourth-order valence-corrected chi connectivity index (χ4v) is 1.84. The van der Waals surface area contributed by atoms with E-state index in [1.165, 1.54) is 0 Å². The number of carbonyl (C=O) groups excluding carboxylic acids is 1. The first-order valence-electron chi connectivity index (χ1n) is 5.47. The van der Waals surface area contributed by atoms with Gasteiger partial charge < -0.3 is 11.1 Å². The van der Waals surface area contributed by atoms with Crippen LogP contribution in [0.25, 0.3) is 0 Å². The molecule has 0 saturated carbocycles. The molecule has 0 unspecified atom stereocenters. The molecule has 0 radical (unpaired) electrons. The van der Waals surface area contributed by atoms with E-state index in [-0.39, 0.29) is 5.91 Å². The van der Waals surface area contributed by atoms with Crippen LogP contribution in [0.2, 0.25) is 0 Å². The Morgan fingerprint density at radius 1 is 1.50 bits per heavy atom. The van der Waals surface area contributed by atoms with Gasteiger partial charge in [0.25, 0.3) is 0 Å². The van der Waals surface area contributed by atoms with Crippen LogP contribution in [0, 0.1) is 0 Å². The lowest BCUT2D eigenvalue weighted by molar-refractivity contribution is -0.116. The Balaban J connectivity index is 1.85. The second-order valence-corrected chi connectivity index (χ2v) is 4.76. The van der Waals surface area contributed by atoms with E-state index in [2.05, 4.69) is 26.3 Å². The van der Waals surface area contributed by atoms with E-state index >= 15 is 0 Å². The third kappa shape index (κ3) is 3.59. The summed E-state index contributed by atoms with van der Waals surface area (Å²) >= 11 is 3.30. The number of hydrogen-bond acceptors (Lipinski definition) is 3. The van der Waals surface area contributed by atoms with Crippen molar-refractivity contribution in [3.63, 3.8) is 0 Å². The smallest absolute Gasteiger partial charge is 0.226 e. The molecule has 1 amide bonds. The number of carbonyl (C=O) groups is 1. The maximum absolute atomic E-state index is 11.7. The Kier molecular flexibility index (Phi) is 3.99. The first kappa shape index (κ1) is 12.6. The average Bonchev–Trinajstić information content (AvgIpc) is 2.73. The highest BCUT2D eigenvalue weighted by molar-refractivity contribution is 9.10. The number of nitrogen functional groups attached to an aromatic ring is 1. The molecule has 2 rings (SSSR count). The molecular weight excluding hydrogens is 296 g/mol. The van der Waals surface area contributed by atoms with Crippen molar-refractivity contribution in [1.82, 2.24) is 9.78 Å². The molecule has 0 fully saturated rings. The number of aromatic nitrogens is 2. The van der Waals surface area contributed by atoms with Gasteiger partial charge in [0.05, 0.1) is 10.7 Å². The minimum atomic E-state index is -0.0628. The van der Waals surface area contributed by atoms with Crippen molar-refractivity contribution in [2.75, 3.05) is 11.1 Å². The van der Waals surface area contributed by atoms with Crippen LogP contribution in [0.5, 0.6) is 0 Å². The van der Waals surface area contributed by atoms with E-state index in [0.717, 1.165) is 4.47 Å². The van der Waals surface area contributed by atoms with E-state index in [0.29, 0.717) is 24.3 Å². The van der Waals surface area contributed by atoms with Crippen molar-refractivity contribution in [2.24, 2.45) is 0 Å². The fourth-order valence-electron chi connectivity index (χ4n) is 1.52. The number of amides is 1. The highest BCUT2D eigenvalue weighted by Gasteiger charge is 2.03. The van der Waals surface area contributed by atoms with Gasteiger partial charge in [-0.3, -0.25) is 9.48 Å². The van der Waals surface area contributed by atoms with Gasteiger partial charge in [-0.25, -0.2) is 0 Å².